The largest absolute Gasteiger partial charge is 0.468 e. The zero-order valence-electron chi connectivity index (χ0n) is 6.89. The number of carbonyl (C=O) groups is 1. The summed E-state index contributed by atoms with van der Waals surface area (Å²) in [5, 5.41) is 14.9. The Kier molecular flexibility index (Phi) is 2.01. The Morgan fingerprint density at radius 2 is 2.43 bits per heavy atom. The summed E-state index contributed by atoms with van der Waals surface area (Å²) >= 11 is 0. The minimum atomic E-state index is -0.483. The molecule has 0 spiro atoms. The van der Waals surface area contributed by atoms with Crippen LogP contribution < -0.4 is 11.0 Å². The average molecular weight is 189 g/mol. The van der Waals surface area contributed by atoms with E-state index in [1.165, 1.54) is 12.1 Å². The average Bonchev–Trinajstić information content (AvgIpc) is 2.75. The van der Waals surface area contributed by atoms with E-state index in [2.05, 4.69) is 25.9 Å². The van der Waals surface area contributed by atoms with Crippen molar-refractivity contribution < 1.29 is 9.21 Å². The molecule has 0 atom stereocenters. The lowest BCUT2D eigenvalue weighted by molar-refractivity contribution is 0.0997. The van der Waals surface area contributed by atoms with Crippen LogP contribution in [0.2, 0.25) is 0 Å². The molecule has 7 nitrogen and oxygen atoms in total. The van der Waals surface area contributed by atoms with Gasteiger partial charge in [-0.2, -0.15) is 5.21 Å². The topological polar surface area (TPSA) is 96.7 Å². The van der Waals surface area contributed by atoms with Crippen LogP contribution in [0.1, 0.15) is 10.6 Å². The van der Waals surface area contributed by atoms with E-state index in [9.17, 15) is 4.79 Å². The Hall–Kier alpha value is -2.12. The zero-order valence-corrected chi connectivity index (χ0v) is 6.89. The molecule has 0 saturated heterocycles. The molecule has 0 bridgehead atoms. The number of nitrogens with one attached hydrogen (secondary N) is 2. The second-order valence-electron chi connectivity index (χ2n) is 2.39. The molecule has 0 saturated carbocycles. The van der Waals surface area contributed by atoms with E-state index in [1.807, 2.05) is 0 Å². The molecule has 0 unspecified atom stereocenters. The normalized spacial score (nSPS) is 10.0. The predicted octanol–water partition coefficient (Wildman–Crippen LogP) is -1.16. The molecule has 0 aromatic carbocycles. The van der Waals surface area contributed by atoms with Gasteiger partial charge < -0.3 is 4.42 Å². The Balaban J connectivity index is 2.10. The number of rotatable bonds is 2. The molecule has 8 heteroatoms. The molecule has 0 fully saturated rings. The molecule has 2 rings (SSSR count). The maximum absolute atomic E-state index is 11.3. The van der Waals surface area contributed by atoms with E-state index in [1.54, 1.807) is 0 Å². The van der Waals surface area contributed by atoms with Gasteiger partial charge in [0.1, 0.15) is 0 Å². The first-order chi connectivity index (χ1) is 6.75. The lowest BCUT2D eigenvalue weighted by Gasteiger charge is -1.94. The summed E-state index contributed by atoms with van der Waals surface area (Å²) in [7, 11) is 5.29. The third-order valence-corrected chi connectivity index (χ3v) is 1.42. The number of amides is 1. The molecule has 2 N–H and O–H groups in total. The molecular formula is C6H4BN5O2. The molecule has 14 heavy (non-hydrogen) atoms. The maximum Gasteiger partial charge on any atom is 0.293 e. The fraction of sp³-hybridized carbons (Fsp3) is 0. The summed E-state index contributed by atoms with van der Waals surface area (Å²) < 4.78 is 4.87. The molecule has 2 heterocycles. The van der Waals surface area contributed by atoms with Gasteiger partial charge in [0.2, 0.25) is 0 Å². The highest BCUT2D eigenvalue weighted by atomic mass is 16.3. The Morgan fingerprint density at radius 1 is 1.57 bits per heavy atom. The van der Waals surface area contributed by atoms with Crippen molar-refractivity contribution in [1.29, 1.82) is 0 Å². The van der Waals surface area contributed by atoms with Crippen molar-refractivity contribution >= 4 is 25.4 Å². The van der Waals surface area contributed by atoms with Gasteiger partial charge in [0.25, 0.3) is 11.9 Å². The number of H-pyrrole nitrogens is 1. The van der Waals surface area contributed by atoms with Crippen molar-refractivity contribution in [2.24, 2.45) is 0 Å². The molecule has 0 aliphatic carbocycles. The minimum Gasteiger partial charge on any atom is -0.468 e. The van der Waals surface area contributed by atoms with Gasteiger partial charge in [-0.05, 0) is 17.3 Å². The first kappa shape index (κ1) is 8.48. The molecule has 1 amide bonds. The van der Waals surface area contributed by atoms with Crippen LogP contribution in [-0.2, 0) is 0 Å². The summed E-state index contributed by atoms with van der Waals surface area (Å²) in [6.07, 6.45) is 0. The molecular weight excluding hydrogens is 185 g/mol. The van der Waals surface area contributed by atoms with Crippen molar-refractivity contribution in [3.05, 3.63) is 17.9 Å². The number of hydrogen-bond acceptors (Lipinski definition) is 5. The fourth-order valence-corrected chi connectivity index (χ4v) is 0.853. The van der Waals surface area contributed by atoms with Crippen molar-refractivity contribution in [3.8, 4) is 0 Å². The molecule has 0 aliphatic heterocycles. The third kappa shape index (κ3) is 1.63. The van der Waals surface area contributed by atoms with Gasteiger partial charge in [-0.15, -0.1) is 5.10 Å². The van der Waals surface area contributed by atoms with Crippen molar-refractivity contribution in [2.75, 3.05) is 5.32 Å². The molecule has 2 aromatic heterocycles. The van der Waals surface area contributed by atoms with Crippen LogP contribution in [0.5, 0.6) is 0 Å². The number of hydrogen-bond donors (Lipinski definition) is 2. The van der Waals surface area contributed by atoms with Gasteiger partial charge >= 0.3 is 0 Å². The van der Waals surface area contributed by atoms with Crippen molar-refractivity contribution in [2.45, 2.75) is 0 Å². The third-order valence-electron chi connectivity index (χ3n) is 1.42. The fourth-order valence-electron chi connectivity index (χ4n) is 0.853. The lowest BCUT2D eigenvalue weighted by atomic mass is 10.1. The summed E-state index contributed by atoms with van der Waals surface area (Å²) in [5.74, 6) is -0.319. The number of anilines is 1. The van der Waals surface area contributed by atoms with Crippen LogP contribution in [0.15, 0.2) is 16.5 Å². The number of furan rings is 1. The number of tetrazole rings is 1. The smallest absolute Gasteiger partial charge is 0.293 e. The molecule has 68 valence electrons. The summed E-state index contributed by atoms with van der Waals surface area (Å²) in [6.45, 7) is 0. The van der Waals surface area contributed by atoms with E-state index in [-0.39, 0.29) is 17.4 Å². The van der Waals surface area contributed by atoms with Gasteiger partial charge in [0.15, 0.2) is 13.6 Å². The van der Waals surface area contributed by atoms with Crippen molar-refractivity contribution in [3.63, 3.8) is 0 Å². The monoisotopic (exact) mass is 189 g/mol. The summed E-state index contributed by atoms with van der Waals surface area (Å²) in [4.78, 5) is 11.3. The van der Waals surface area contributed by atoms with Crippen LogP contribution in [-0.4, -0.2) is 34.4 Å². The van der Waals surface area contributed by atoms with Gasteiger partial charge in [-0.25, -0.2) is 0 Å². The number of aromatic nitrogens is 4. The second-order valence-corrected chi connectivity index (χ2v) is 2.39. The Morgan fingerprint density at radius 3 is 3.00 bits per heavy atom. The van der Waals surface area contributed by atoms with Crippen LogP contribution in [0.25, 0.3) is 0 Å². The second kappa shape index (κ2) is 3.33. The van der Waals surface area contributed by atoms with Crippen LogP contribution >= 0.6 is 0 Å². The standard InChI is InChI=1S/C6H4BN5O2/c7-4-2-1-3(14-4)5(13)8-6-9-11-12-10-6/h1-2H,(H2,8,9,10,11,12,13). The van der Waals surface area contributed by atoms with E-state index < -0.39 is 5.91 Å². The van der Waals surface area contributed by atoms with Crippen LogP contribution in [0.4, 0.5) is 5.95 Å². The summed E-state index contributed by atoms with van der Waals surface area (Å²) in [6, 6.07) is 2.93. The first-order valence-corrected chi connectivity index (χ1v) is 3.66. The maximum atomic E-state index is 11.3. The van der Waals surface area contributed by atoms with Crippen molar-refractivity contribution in [1.82, 2.24) is 20.6 Å². The van der Waals surface area contributed by atoms with E-state index in [0.717, 1.165) is 0 Å². The molecule has 2 aromatic rings. The number of nitrogens with zero attached hydrogens (tertiary/aromatic N) is 3. The predicted molar refractivity (Wildman–Crippen MR) is 46.2 cm³/mol. The lowest BCUT2D eigenvalue weighted by Crippen LogP contribution is -2.12. The molecule has 2 radical (unpaired) electrons. The van der Waals surface area contributed by atoms with Gasteiger partial charge in [0.05, 0.1) is 0 Å². The first-order valence-electron chi connectivity index (χ1n) is 3.66. The van der Waals surface area contributed by atoms with E-state index in [0.29, 0.717) is 0 Å². The van der Waals surface area contributed by atoms with E-state index >= 15 is 0 Å². The van der Waals surface area contributed by atoms with Gasteiger partial charge in [0, 0.05) is 5.66 Å². The zero-order chi connectivity index (χ0) is 9.97. The Labute approximate surface area is 79.3 Å². The van der Waals surface area contributed by atoms with Gasteiger partial charge in [-0.3, -0.25) is 10.1 Å². The Bertz CT molecular complexity index is 437. The van der Waals surface area contributed by atoms with E-state index in [4.69, 9.17) is 12.3 Å². The summed E-state index contributed by atoms with van der Waals surface area (Å²) in [5.41, 5.74) is 0.170. The molecule has 0 aliphatic rings. The van der Waals surface area contributed by atoms with Gasteiger partial charge in [-0.1, -0.05) is 5.10 Å². The highest BCUT2D eigenvalue weighted by Crippen LogP contribution is 2.00. The quantitative estimate of drug-likeness (QED) is 0.580. The number of carbonyl (C=O) groups excluding carboxylic acids is 1. The van der Waals surface area contributed by atoms with Crippen LogP contribution in [0.3, 0.4) is 0 Å². The number of aromatic amines is 1. The highest BCUT2D eigenvalue weighted by molar-refractivity contribution is 6.30. The van der Waals surface area contributed by atoms with Crippen LogP contribution in [0, 0.1) is 0 Å². The minimum absolute atomic E-state index is 0.0740. The SMILES string of the molecule is [B]c1ccc(C(=O)Nc2nn[nH]n2)o1. The highest BCUT2D eigenvalue weighted by Gasteiger charge is 2.11.